The summed E-state index contributed by atoms with van der Waals surface area (Å²) in [6.45, 7) is 8.43. The standard InChI is InChI=1S/C19H29N5O3/c1-14(2)9-18-21-17(22-27-18)6-8-26-16-5-4-7-23(12-16)19(25)13-24-11-15(3)10-20-24/h10-11,14,16H,4-9,12-13H2,1-3H3. The fourth-order valence-electron chi connectivity index (χ4n) is 3.23. The number of nitrogens with zero attached hydrogens (tertiary/aromatic N) is 5. The van der Waals surface area contributed by atoms with E-state index in [0.29, 0.717) is 37.2 Å². The summed E-state index contributed by atoms with van der Waals surface area (Å²) >= 11 is 0. The monoisotopic (exact) mass is 375 g/mol. The Balaban J connectivity index is 1.41. The Morgan fingerprint density at radius 2 is 2.30 bits per heavy atom. The van der Waals surface area contributed by atoms with E-state index in [0.717, 1.165) is 31.4 Å². The van der Waals surface area contributed by atoms with Gasteiger partial charge in [0.15, 0.2) is 5.82 Å². The molecule has 0 bridgehead atoms. The van der Waals surface area contributed by atoms with Crippen molar-refractivity contribution in [3.8, 4) is 0 Å². The molecule has 8 nitrogen and oxygen atoms in total. The van der Waals surface area contributed by atoms with Gasteiger partial charge in [0, 0.05) is 32.1 Å². The molecule has 1 atom stereocenters. The van der Waals surface area contributed by atoms with Gasteiger partial charge in [-0.05, 0) is 31.2 Å². The maximum Gasteiger partial charge on any atom is 0.244 e. The van der Waals surface area contributed by atoms with Crippen molar-refractivity contribution in [1.29, 1.82) is 0 Å². The van der Waals surface area contributed by atoms with Crippen molar-refractivity contribution < 1.29 is 14.1 Å². The maximum absolute atomic E-state index is 12.5. The molecule has 8 heteroatoms. The van der Waals surface area contributed by atoms with E-state index in [1.54, 1.807) is 10.9 Å². The summed E-state index contributed by atoms with van der Waals surface area (Å²) < 4.78 is 12.9. The molecule has 1 saturated heterocycles. The quantitative estimate of drug-likeness (QED) is 0.702. The molecule has 2 aromatic rings. The van der Waals surface area contributed by atoms with Crippen LogP contribution in [0.3, 0.4) is 0 Å². The number of carbonyl (C=O) groups is 1. The lowest BCUT2D eigenvalue weighted by molar-refractivity contribution is -0.136. The normalized spacial score (nSPS) is 17.6. The van der Waals surface area contributed by atoms with Gasteiger partial charge in [0.1, 0.15) is 6.54 Å². The molecule has 1 fully saturated rings. The molecule has 1 aliphatic rings. The van der Waals surface area contributed by atoms with E-state index in [-0.39, 0.29) is 18.6 Å². The molecule has 0 spiro atoms. The molecule has 0 radical (unpaired) electrons. The first-order chi connectivity index (χ1) is 13.0. The van der Waals surface area contributed by atoms with Crippen LogP contribution in [-0.4, -0.2) is 56.5 Å². The Kier molecular flexibility index (Phi) is 6.60. The second-order valence-corrected chi connectivity index (χ2v) is 7.64. The number of rotatable bonds is 8. The lowest BCUT2D eigenvalue weighted by atomic mass is 10.1. The van der Waals surface area contributed by atoms with Crippen molar-refractivity contribution in [3.05, 3.63) is 29.7 Å². The number of hydrogen-bond donors (Lipinski definition) is 0. The van der Waals surface area contributed by atoms with Crippen molar-refractivity contribution in [3.63, 3.8) is 0 Å². The van der Waals surface area contributed by atoms with Gasteiger partial charge in [0.2, 0.25) is 11.8 Å². The topological polar surface area (TPSA) is 86.3 Å². The summed E-state index contributed by atoms with van der Waals surface area (Å²) in [6, 6.07) is 0. The molecule has 1 aliphatic heterocycles. The van der Waals surface area contributed by atoms with Crippen molar-refractivity contribution in [2.45, 2.75) is 59.1 Å². The van der Waals surface area contributed by atoms with Crippen LogP contribution in [0.25, 0.3) is 0 Å². The van der Waals surface area contributed by atoms with E-state index >= 15 is 0 Å². The minimum absolute atomic E-state index is 0.0593. The van der Waals surface area contributed by atoms with Gasteiger partial charge in [-0.1, -0.05) is 19.0 Å². The fourth-order valence-corrected chi connectivity index (χ4v) is 3.23. The van der Waals surface area contributed by atoms with Crippen LogP contribution in [0, 0.1) is 12.8 Å². The average molecular weight is 375 g/mol. The largest absolute Gasteiger partial charge is 0.376 e. The first kappa shape index (κ1) is 19.5. The zero-order chi connectivity index (χ0) is 19.2. The smallest absolute Gasteiger partial charge is 0.244 e. The molecule has 0 N–H and O–H groups in total. The lowest BCUT2D eigenvalue weighted by Gasteiger charge is -2.32. The van der Waals surface area contributed by atoms with Gasteiger partial charge >= 0.3 is 0 Å². The number of piperidine rings is 1. The van der Waals surface area contributed by atoms with Crippen LogP contribution >= 0.6 is 0 Å². The van der Waals surface area contributed by atoms with Gasteiger partial charge in [-0.3, -0.25) is 9.48 Å². The molecule has 148 valence electrons. The number of amides is 1. The Bertz CT molecular complexity index is 739. The summed E-state index contributed by atoms with van der Waals surface area (Å²) in [4.78, 5) is 18.8. The molecule has 2 aromatic heterocycles. The van der Waals surface area contributed by atoms with Crippen LogP contribution in [0.1, 0.15) is 44.0 Å². The van der Waals surface area contributed by atoms with Crippen LogP contribution in [0.4, 0.5) is 0 Å². The minimum atomic E-state index is 0.0593. The predicted molar refractivity (Wildman–Crippen MR) is 99.1 cm³/mol. The van der Waals surface area contributed by atoms with Crippen molar-refractivity contribution in [2.24, 2.45) is 5.92 Å². The van der Waals surface area contributed by atoms with Crippen molar-refractivity contribution >= 4 is 5.91 Å². The Hall–Kier alpha value is -2.22. The highest BCUT2D eigenvalue weighted by Crippen LogP contribution is 2.14. The summed E-state index contributed by atoms with van der Waals surface area (Å²) in [6.07, 6.45) is 7.05. The van der Waals surface area contributed by atoms with Crippen LogP contribution in [0.5, 0.6) is 0 Å². The number of carbonyl (C=O) groups excluding carboxylic acids is 1. The molecule has 0 saturated carbocycles. The maximum atomic E-state index is 12.5. The summed E-state index contributed by atoms with van der Waals surface area (Å²) in [7, 11) is 0. The molecular formula is C19H29N5O3. The van der Waals surface area contributed by atoms with Gasteiger partial charge in [0.05, 0.1) is 18.9 Å². The second kappa shape index (κ2) is 9.12. The van der Waals surface area contributed by atoms with Crippen molar-refractivity contribution in [2.75, 3.05) is 19.7 Å². The number of hydrogen-bond acceptors (Lipinski definition) is 6. The molecule has 0 aromatic carbocycles. The molecule has 27 heavy (non-hydrogen) atoms. The number of likely N-dealkylation sites (tertiary alicyclic amines) is 1. The van der Waals surface area contributed by atoms with Crippen molar-refractivity contribution in [1.82, 2.24) is 24.8 Å². The number of aromatic nitrogens is 4. The van der Waals surface area contributed by atoms with Crippen LogP contribution < -0.4 is 0 Å². The molecular weight excluding hydrogens is 346 g/mol. The van der Waals surface area contributed by atoms with Crippen LogP contribution in [0.2, 0.25) is 0 Å². The molecule has 1 amide bonds. The first-order valence-corrected chi connectivity index (χ1v) is 9.69. The third-order valence-electron chi connectivity index (χ3n) is 4.56. The Morgan fingerprint density at radius 3 is 3.04 bits per heavy atom. The summed E-state index contributed by atoms with van der Waals surface area (Å²) in [5, 5.41) is 8.19. The first-order valence-electron chi connectivity index (χ1n) is 9.69. The highest BCUT2D eigenvalue weighted by atomic mass is 16.5. The summed E-state index contributed by atoms with van der Waals surface area (Å²) in [5.41, 5.74) is 1.06. The van der Waals surface area contributed by atoms with Crippen LogP contribution in [-0.2, 0) is 28.9 Å². The van der Waals surface area contributed by atoms with E-state index in [4.69, 9.17) is 9.26 Å². The predicted octanol–water partition coefficient (Wildman–Crippen LogP) is 2.02. The Morgan fingerprint density at radius 1 is 1.44 bits per heavy atom. The van der Waals surface area contributed by atoms with E-state index in [2.05, 4.69) is 29.1 Å². The van der Waals surface area contributed by atoms with Gasteiger partial charge in [0.25, 0.3) is 0 Å². The van der Waals surface area contributed by atoms with Gasteiger partial charge in [-0.2, -0.15) is 10.1 Å². The molecule has 0 aliphatic carbocycles. The zero-order valence-corrected chi connectivity index (χ0v) is 16.4. The average Bonchev–Trinajstić information content (AvgIpc) is 3.23. The molecule has 1 unspecified atom stereocenters. The third-order valence-corrected chi connectivity index (χ3v) is 4.56. The molecule has 3 rings (SSSR count). The SMILES string of the molecule is Cc1cnn(CC(=O)N2CCCC(OCCc3noc(CC(C)C)n3)C2)c1. The summed E-state index contributed by atoms with van der Waals surface area (Å²) in [5.74, 6) is 1.94. The lowest BCUT2D eigenvalue weighted by Crippen LogP contribution is -2.44. The van der Waals surface area contributed by atoms with E-state index in [9.17, 15) is 4.79 Å². The number of aryl methyl sites for hydroxylation is 1. The minimum Gasteiger partial charge on any atom is -0.376 e. The van der Waals surface area contributed by atoms with E-state index < -0.39 is 0 Å². The zero-order valence-electron chi connectivity index (χ0n) is 16.4. The number of ether oxygens (including phenoxy) is 1. The fraction of sp³-hybridized carbons (Fsp3) is 0.684. The Labute approximate surface area is 159 Å². The highest BCUT2D eigenvalue weighted by molar-refractivity contribution is 5.76. The molecule has 3 heterocycles. The van der Waals surface area contributed by atoms with E-state index in [1.165, 1.54) is 0 Å². The highest BCUT2D eigenvalue weighted by Gasteiger charge is 2.24. The van der Waals surface area contributed by atoms with Crippen LogP contribution in [0.15, 0.2) is 16.9 Å². The second-order valence-electron chi connectivity index (χ2n) is 7.64. The third kappa shape index (κ3) is 5.89. The van der Waals surface area contributed by atoms with Gasteiger partial charge in [-0.15, -0.1) is 0 Å². The van der Waals surface area contributed by atoms with Gasteiger partial charge in [-0.25, -0.2) is 0 Å². The van der Waals surface area contributed by atoms with E-state index in [1.807, 2.05) is 18.0 Å². The van der Waals surface area contributed by atoms with Gasteiger partial charge < -0.3 is 14.2 Å².